The van der Waals surface area contributed by atoms with Gasteiger partial charge in [0.15, 0.2) is 0 Å². The van der Waals surface area contributed by atoms with Crippen LogP contribution in [-0.2, 0) is 18.4 Å². The van der Waals surface area contributed by atoms with E-state index in [-0.39, 0.29) is 11.6 Å². The minimum Gasteiger partial charge on any atom is -0.351 e. The highest BCUT2D eigenvalue weighted by molar-refractivity contribution is 5.78. The standard InChI is InChI=1S/C21H29N5O2/c1-15-3-5-16(6-4-15)13-22-19(27)14-25-11-9-17(10-12-25)20-23-24(2)21(28)26(20)18-7-8-18/h3-6,17-18H,7-14H2,1-2H3,(H,22,27). The van der Waals surface area contributed by atoms with Crippen LogP contribution in [0.25, 0.3) is 0 Å². The largest absolute Gasteiger partial charge is 0.351 e. The average Bonchev–Trinajstić information content (AvgIpc) is 3.48. The van der Waals surface area contributed by atoms with Gasteiger partial charge in [-0.3, -0.25) is 14.3 Å². The molecule has 1 aliphatic carbocycles. The van der Waals surface area contributed by atoms with Crippen molar-refractivity contribution >= 4 is 5.91 Å². The van der Waals surface area contributed by atoms with Crippen molar-refractivity contribution < 1.29 is 4.79 Å². The maximum absolute atomic E-state index is 12.3. The molecule has 1 amide bonds. The number of hydrogen-bond acceptors (Lipinski definition) is 4. The number of likely N-dealkylation sites (tertiary alicyclic amines) is 1. The van der Waals surface area contributed by atoms with E-state index in [1.54, 1.807) is 7.05 Å². The summed E-state index contributed by atoms with van der Waals surface area (Å²) in [4.78, 5) is 26.8. The summed E-state index contributed by atoms with van der Waals surface area (Å²) >= 11 is 0. The van der Waals surface area contributed by atoms with Crippen molar-refractivity contribution in [2.45, 2.75) is 51.1 Å². The van der Waals surface area contributed by atoms with Gasteiger partial charge in [-0.15, -0.1) is 0 Å². The van der Waals surface area contributed by atoms with Crippen LogP contribution in [0.5, 0.6) is 0 Å². The zero-order valence-electron chi connectivity index (χ0n) is 16.7. The first-order chi connectivity index (χ1) is 13.5. The Morgan fingerprint density at radius 3 is 2.46 bits per heavy atom. The molecule has 0 bridgehead atoms. The van der Waals surface area contributed by atoms with E-state index in [9.17, 15) is 9.59 Å². The molecule has 0 spiro atoms. The van der Waals surface area contributed by atoms with Gasteiger partial charge in [-0.1, -0.05) is 29.8 Å². The SMILES string of the molecule is Cc1ccc(CNC(=O)CN2CCC(c3nn(C)c(=O)n3C3CC3)CC2)cc1. The van der Waals surface area contributed by atoms with Gasteiger partial charge in [0.1, 0.15) is 5.82 Å². The third-order valence-electron chi connectivity index (χ3n) is 5.82. The van der Waals surface area contributed by atoms with Gasteiger partial charge in [0.05, 0.1) is 6.54 Å². The van der Waals surface area contributed by atoms with E-state index < -0.39 is 0 Å². The van der Waals surface area contributed by atoms with Crippen LogP contribution in [0.3, 0.4) is 0 Å². The van der Waals surface area contributed by atoms with Gasteiger partial charge in [-0.2, -0.15) is 5.10 Å². The molecule has 1 aromatic carbocycles. The summed E-state index contributed by atoms with van der Waals surface area (Å²) in [6.07, 6.45) is 4.04. The lowest BCUT2D eigenvalue weighted by Gasteiger charge is -2.31. The Morgan fingerprint density at radius 2 is 1.82 bits per heavy atom. The maximum Gasteiger partial charge on any atom is 0.345 e. The zero-order chi connectivity index (χ0) is 19.7. The van der Waals surface area contributed by atoms with E-state index in [1.165, 1.54) is 10.2 Å². The Labute approximate surface area is 165 Å². The molecule has 7 heteroatoms. The number of rotatable bonds is 6. The number of carbonyl (C=O) groups is 1. The number of hydrogen-bond donors (Lipinski definition) is 1. The Bertz CT molecular complexity index is 887. The second-order valence-corrected chi connectivity index (χ2v) is 8.18. The minimum absolute atomic E-state index is 0.00964. The molecule has 2 heterocycles. The molecule has 28 heavy (non-hydrogen) atoms. The highest BCUT2D eigenvalue weighted by Crippen LogP contribution is 2.37. The normalized spacial score (nSPS) is 18.4. The van der Waals surface area contributed by atoms with E-state index in [1.807, 2.05) is 16.7 Å². The van der Waals surface area contributed by atoms with Crippen LogP contribution in [0.1, 0.15) is 54.6 Å². The van der Waals surface area contributed by atoms with Crippen molar-refractivity contribution in [3.05, 3.63) is 51.7 Å². The van der Waals surface area contributed by atoms with Gasteiger partial charge in [-0.25, -0.2) is 9.48 Å². The molecule has 7 nitrogen and oxygen atoms in total. The molecule has 0 radical (unpaired) electrons. The maximum atomic E-state index is 12.3. The summed E-state index contributed by atoms with van der Waals surface area (Å²) in [7, 11) is 1.73. The second-order valence-electron chi connectivity index (χ2n) is 8.18. The quantitative estimate of drug-likeness (QED) is 0.824. The Hall–Kier alpha value is -2.41. The molecule has 1 aliphatic heterocycles. The first kappa shape index (κ1) is 18.9. The molecule has 4 rings (SSSR count). The van der Waals surface area contributed by atoms with Crippen LogP contribution >= 0.6 is 0 Å². The fourth-order valence-electron chi connectivity index (χ4n) is 3.97. The molecule has 1 aromatic heterocycles. The van der Waals surface area contributed by atoms with Crippen LogP contribution in [-0.4, -0.2) is 44.8 Å². The molecular formula is C21H29N5O2. The molecule has 0 unspecified atom stereocenters. The van der Waals surface area contributed by atoms with Crippen LogP contribution in [0.15, 0.2) is 29.1 Å². The summed E-state index contributed by atoms with van der Waals surface area (Å²) in [6.45, 7) is 4.77. The molecule has 2 aliphatic rings. The van der Waals surface area contributed by atoms with Crippen molar-refractivity contribution in [3.8, 4) is 0 Å². The fourth-order valence-corrected chi connectivity index (χ4v) is 3.97. The van der Waals surface area contributed by atoms with E-state index in [0.29, 0.717) is 25.0 Å². The lowest BCUT2D eigenvalue weighted by molar-refractivity contribution is -0.122. The van der Waals surface area contributed by atoms with E-state index >= 15 is 0 Å². The monoisotopic (exact) mass is 383 g/mol. The fraction of sp³-hybridized carbons (Fsp3) is 0.571. The van der Waals surface area contributed by atoms with Crippen molar-refractivity contribution in [1.29, 1.82) is 0 Å². The highest BCUT2D eigenvalue weighted by atomic mass is 16.2. The summed E-state index contributed by atoms with van der Waals surface area (Å²) in [5.74, 6) is 1.31. The van der Waals surface area contributed by atoms with Gasteiger partial charge < -0.3 is 5.32 Å². The van der Waals surface area contributed by atoms with Crippen molar-refractivity contribution in [1.82, 2.24) is 24.6 Å². The topological polar surface area (TPSA) is 72.2 Å². The third-order valence-corrected chi connectivity index (χ3v) is 5.82. The summed E-state index contributed by atoms with van der Waals surface area (Å²) in [5, 5.41) is 7.53. The van der Waals surface area contributed by atoms with E-state index in [4.69, 9.17) is 0 Å². The molecule has 2 aromatic rings. The van der Waals surface area contributed by atoms with Crippen molar-refractivity contribution in [2.24, 2.45) is 7.05 Å². The first-order valence-corrected chi connectivity index (χ1v) is 10.2. The van der Waals surface area contributed by atoms with Crippen molar-refractivity contribution in [2.75, 3.05) is 19.6 Å². The highest BCUT2D eigenvalue weighted by Gasteiger charge is 2.33. The number of carbonyl (C=O) groups excluding carboxylic acids is 1. The number of aryl methyl sites for hydroxylation is 2. The first-order valence-electron chi connectivity index (χ1n) is 10.2. The van der Waals surface area contributed by atoms with Crippen LogP contribution in [0.2, 0.25) is 0 Å². The molecule has 1 N–H and O–H groups in total. The van der Waals surface area contributed by atoms with Crippen LogP contribution in [0, 0.1) is 6.92 Å². The lowest BCUT2D eigenvalue weighted by Crippen LogP contribution is -2.41. The summed E-state index contributed by atoms with van der Waals surface area (Å²) in [5.41, 5.74) is 2.35. The van der Waals surface area contributed by atoms with Crippen molar-refractivity contribution in [3.63, 3.8) is 0 Å². The van der Waals surface area contributed by atoms with Gasteiger partial charge in [0, 0.05) is 25.6 Å². The Kier molecular flexibility index (Phi) is 5.35. The molecule has 2 fully saturated rings. The van der Waals surface area contributed by atoms with E-state index in [0.717, 1.165) is 50.2 Å². The molecule has 1 saturated carbocycles. The number of amides is 1. The number of piperidine rings is 1. The summed E-state index contributed by atoms with van der Waals surface area (Å²) in [6, 6.07) is 8.57. The predicted molar refractivity (Wildman–Crippen MR) is 107 cm³/mol. The molecule has 1 saturated heterocycles. The lowest BCUT2D eigenvalue weighted by atomic mass is 9.96. The zero-order valence-corrected chi connectivity index (χ0v) is 16.7. The van der Waals surface area contributed by atoms with Crippen LogP contribution in [0.4, 0.5) is 0 Å². The average molecular weight is 383 g/mol. The predicted octanol–water partition coefficient (Wildman–Crippen LogP) is 1.72. The van der Waals surface area contributed by atoms with Gasteiger partial charge in [0.2, 0.25) is 5.91 Å². The number of nitrogens with one attached hydrogen (secondary N) is 1. The van der Waals surface area contributed by atoms with Gasteiger partial charge >= 0.3 is 5.69 Å². The second kappa shape index (κ2) is 7.91. The molecule has 150 valence electrons. The smallest absolute Gasteiger partial charge is 0.345 e. The third kappa shape index (κ3) is 4.19. The Morgan fingerprint density at radius 1 is 1.14 bits per heavy atom. The van der Waals surface area contributed by atoms with Gasteiger partial charge in [-0.05, 0) is 51.3 Å². The van der Waals surface area contributed by atoms with E-state index in [2.05, 4.69) is 34.4 Å². The number of aromatic nitrogens is 3. The molecule has 0 atom stereocenters. The van der Waals surface area contributed by atoms with Gasteiger partial charge in [0.25, 0.3) is 0 Å². The Balaban J connectivity index is 1.27. The number of nitrogens with zero attached hydrogens (tertiary/aromatic N) is 4. The minimum atomic E-state index is 0.00964. The summed E-state index contributed by atoms with van der Waals surface area (Å²) < 4.78 is 3.38. The number of benzene rings is 1. The molecular weight excluding hydrogens is 354 g/mol. The van der Waals surface area contributed by atoms with Crippen LogP contribution < -0.4 is 11.0 Å².